The van der Waals surface area contributed by atoms with Crippen LogP contribution in [0.2, 0.25) is 0 Å². The van der Waals surface area contributed by atoms with Crippen LogP contribution >= 0.6 is 0 Å². The van der Waals surface area contributed by atoms with Crippen molar-refractivity contribution in [2.24, 2.45) is 11.8 Å². The van der Waals surface area contributed by atoms with Crippen molar-refractivity contribution in [3.8, 4) is 0 Å². The Hall–Kier alpha value is -0.0800. The number of rotatable bonds is 4. The van der Waals surface area contributed by atoms with Crippen molar-refractivity contribution in [3.05, 3.63) is 0 Å². The zero-order valence-corrected chi connectivity index (χ0v) is 8.31. The Bertz CT molecular complexity index is 110. The summed E-state index contributed by atoms with van der Waals surface area (Å²) in [6.07, 6.45) is 3.91. The van der Waals surface area contributed by atoms with Gasteiger partial charge in [-0.15, -0.1) is 0 Å². The highest BCUT2D eigenvalue weighted by Gasteiger charge is 2.19. The summed E-state index contributed by atoms with van der Waals surface area (Å²) in [5.74, 6) is 1.63. The number of hydrogen-bond donors (Lipinski definition) is 1. The predicted molar refractivity (Wildman–Crippen MR) is 51.3 cm³/mol. The molecule has 0 aromatic carbocycles. The minimum Gasteiger partial charge on any atom is -0.381 e. The minimum absolute atomic E-state index is 0.812. The lowest BCUT2D eigenvalue weighted by molar-refractivity contribution is 0.0325. The van der Waals surface area contributed by atoms with E-state index in [1.54, 1.807) is 0 Å². The van der Waals surface area contributed by atoms with Crippen LogP contribution in [0, 0.1) is 11.8 Å². The van der Waals surface area contributed by atoms with Gasteiger partial charge in [0.15, 0.2) is 0 Å². The van der Waals surface area contributed by atoms with Gasteiger partial charge in [-0.05, 0) is 44.7 Å². The average Bonchev–Trinajstić information content (AvgIpc) is 2.15. The summed E-state index contributed by atoms with van der Waals surface area (Å²) in [5.41, 5.74) is 0. The van der Waals surface area contributed by atoms with Crippen LogP contribution in [0.1, 0.15) is 26.2 Å². The number of ether oxygens (including phenoxy) is 1. The topological polar surface area (TPSA) is 21.3 Å². The molecule has 1 aliphatic heterocycles. The number of hydrogen-bond acceptors (Lipinski definition) is 2. The van der Waals surface area contributed by atoms with Crippen molar-refractivity contribution >= 4 is 0 Å². The Morgan fingerprint density at radius 3 is 3.00 bits per heavy atom. The molecule has 0 amide bonds. The second kappa shape index (κ2) is 5.55. The maximum Gasteiger partial charge on any atom is 0.0496 e. The van der Waals surface area contributed by atoms with Crippen molar-refractivity contribution in [2.45, 2.75) is 26.2 Å². The smallest absolute Gasteiger partial charge is 0.0496 e. The predicted octanol–water partition coefficient (Wildman–Crippen LogP) is 1.66. The summed E-state index contributed by atoms with van der Waals surface area (Å²) in [6.45, 7) is 5.45. The van der Waals surface area contributed by atoms with Gasteiger partial charge in [0, 0.05) is 13.2 Å². The van der Waals surface area contributed by atoms with E-state index in [0.29, 0.717) is 0 Å². The molecule has 1 heterocycles. The molecule has 0 bridgehead atoms. The van der Waals surface area contributed by atoms with Crippen LogP contribution < -0.4 is 5.32 Å². The van der Waals surface area contributed by atoms with Crippen molar-refractivity contribution < 1.29 is 4.74 Å². The Balaban J connectivity index is 2.15. The fraction of sp³-hybridized carbons (Fsp3) is 1.00. The van der Waals surface area contributed by atoms with E-state index in [2.05, 4.69) is 12.2 Å². The maximum absolute atomic E-state index is 5.46. The Morgan fingerprint density at radius 1 is 1.58 bits per heavy atom. The first-order valence-electron chi connectivity index (χ1n) is 5.07. The molecule has 0 aromatic heterocycles. The second-order valence-electron chi connectivity index (χ2n) is 3.85. The number of nitrogens with one attached hydrogen (secondary N) is 1. The molecule has 1 rings (SSSR count). The highest BCUT2D eigenvalue weighted by atomic mass is 16.5. The Morgan fingerprint density at radius 2 is 2.42 bits per heavy atom. The molecule has 1 saturated heterocycles. The molecule has 1 fully saturated rings. The van der Waals surface area contributed by atoms with Gasteiger partial charge in [-0.3, -0.25) is 0 Å². The van der Waals surface area contributed by atoms with Crippen LogP contribution in [0.5, 0.6) is 0 Å². The molecular weight excluding hydrogens is 150 g/mol. The quantitative estimate of drug-likeness (QED) is 0.694. The lowest BCUT2D eigenvalue weighted by Gasteiger charge is -2.27. The fourth-order valence-corrected chi connectivity index (χ4v) is 1.82. The van der Waals surface area contributed by atoms with Gasteiger partial charge in [0.25, 0.3) is 0 Å². The summed E-state index contributed by atoms with van der Waals surface area (Å²) >= 11 is 0. The molecule has 0 saturated carbocycles. The molecule has 1 aliphatic rings. The average molecular weight is 171 g/mol. The summed E-state index contributed by atoms with van der Waals surface area (Å²) < 4.78 is 5.46. The van der Waals surface area contributed by atoms with E-state index in [4.69, 9.17) is 4.74 Å². The van der Waals surface area contributed by atoms with E-state index in [1.807, 2.05) is 7.05 Å². The zero-order valence-electron chi connectivity index (χ0n) is 8.31. The lowest BCUT2D eigenvalue weighted by Crippen LogP contribution is -2.25. The van der Waals surface area contributed by atoms with Crippen molar-refractivity contribution in [2.75, 3.05) is 26.8 Å². The molecule has 72 valence electrons. The highest BCUT2D eigenvalue weighted by molar-refractivity contribution is 4.69. The van der Waals surface area contributed by atoms with E-state index in [-0.39, 0.29) is 0 Å². The minimum atomic E-state index is 0.812. The first kappa shape index (κ1) is 10.0. The zero-order chi connectivity index (χ0) is 8.81. The normalized spacial score (nSPS) is 27.0. The third-order valence-electron chi connectivity index (χ3n) is 2.85. The van der Waals surface area contributed by atoms with E-state index < -0.39 is 0 Å². The summed E-state index contributed by atoms with van der Waals surface area (Å²) in [7, 11) is 2.02. The molecular formula is C10H21NO. The lowest BCUT2D eigenvalue weighted by atomic mass is 9.87. The van der Waals surface area contributed by atoms with Crippen LogP contribution in [0.25, 0.3) is 0 Å². The Labute approximate surface area is 75.7 Å². The van der Waals surface area contributed by atoms with Gasteiger partial charge in [0.2, 0.25) is 0 Å². The molecule has 0 aliphatic carbocycles. The van der Waals surface area contributed by atoms with Gasteiger partial charge >= 0.3 is 0 Å². The van der Waals surface area contributed by atoms with E-state index >= 15 is 0 Å². The standard InChI is InChI=1S/C10H21NO/c1-9(5-6-11-2)10-4-3-7-12-8-10/h9-11H,3-8H2,1-2H3. The van der Waals surface area contributed by atoms with E-state index in [0.717, 1.165) is 31.6 Å². The largest absolute Gasteiger partial charge is 0.381 e. The summed E-state index contributed by atoms with van der Waals surface area (Å²) in [4.78, 5) is 0. The van der Waals surface area contributed by atoms with Crippen molar-refractivity contribution in [1.82, 2.24) is 5.32 Å². The summed E-state index contributed by atoms with van der Waals surface area (Å²) in [5, 5.41) is 3.20. The first-order chi connectivity index (χ1) is 5.84. The second-order valence-corrected chi connectivity index (χ2v) is 3.85. The van der Waals surface area contributed by atoms with Crippen molar-refractivity contribution in [3.63, 3.8) is 0 Å². The van der Waals surface area contributed by atoms with Crippen LogP contribution in [-0.4, -0.2) is 26.8 Å². The third kappa shape index (κ3) is 3.11. The molecule has 2 heteroatoms. The van der Waals surface area contributed by atoms with Gasteiger partial charge in [0.05, 0.1) is 0 Å². The molecule has 2 atom stereocenters. The van der Waals surface area contributed by atoms with Gasteiger partial charge in [0.1, 0.15) is 0 Å². The molecule has 12 heavy (non-hydrogen) atoms. The maximum atomic E-state index is 5.46. The SMILES string of the molecule is CNCCC(C)C1CCCOC1. The highest BCUT2D eigenvalue weighted by Crippen LogP contribution is 2.23. The van der Waals surface area contributed by atoms with E-state index in [9.17, 15) is 0 Å². The van der Waals surface area contributed by atoms with Crippen LogP contribution in [0.15, 0.2) is 0 Å². The van der Waals surface area contributed by atoms with Crippen LogP contribution in [0.4, 0.5) is 0 Å². The van der Waals surface area contributed by atoms with E-state index in [1.165, 1.54) is 19.3 Å². The van der Waals surface area contributed by atoms with Gasteiger partial charge in [-0.1, -0.05) is 6.92 Å². The molecule has 2 unspecified atom stereocenters. The molecule has 0 spiro atoms. The van der Waals surface area contributed by atoms with Gasteiger partial charge < -0.3 is 10.1 Å². The molecule has 1 N–H and O–H groups in total. The monoisotopic (exact) mass is 171 g/mol. The van der Waals surface area contributed by atoms with Crippen LogP contribution in [-0.2, 0) is 4.74 Å². The Kier molecular flexibility index (Phi) is 4.62. The van der Waals surface area contributed by atoms with Gasteiger partial charge in [-0.2, -0.15) is 0 Å². The molecule has 2 nitrogen and oxygen atoms in total. The fourth-order valence-electron chi connectivity index (χ4n) is 1.82. The van der Waals surface area contributed by atoms with Gasteiger partial charge in [-0.25, -0.2) is 0 Å². The first-order valence-corrected chi connectivity index (χ1v) is 5.07. The van der Waals surface area contributed by atoms with Crippen LogP contribution in [0.3, 0.4) is 0 Å². The molecule has 0 aromatic rings. The summed E-state index contributed by atoms with van der Waals surface area (Å²) in [6, 6.07) is 0. The van der Waals surface area contributed by atoms with Crippen molar-refractivity contribution in [1.29, 1.82) is 0 Å². The third-order valence-corrected chi connectivity index (χ3v) is 2.85. The molecule has 0 radical (unpaired) electrons.